The highest BCUT2D eigenvalue weighted by molar-refractivity contribution is 5.40. The summed E-state index contributed by atoms with van der Waals surface area (Å²) in [5.74, 6) is 1.98. The van der Waals surface area contributed by atoms with Crippen LogP contribution in [0.25, 0.3) is 0 Å². The van der Waals surface area contributed by atoms with Gasteiger partial charge in [0.2, 0.25) is 0 Å². The molecule has 0 aromatic heterocycles. The number of ether oxygens (including phenoxy) is 2. The van der Waals surface area contributed by atoms with E-state index in [0.29, 0.717) is 5.92 Å². The quantitative estimate of drug-likeness (QED) is 0.885. The fraction of sp³-hybridized carbons (Fsp3) is 0.684. The topological polar surface area (TPSA) is 38.7 Å². The van der Waals surface area contributed by atoms with Gasteiger partial charge in [-0.25, -0.2) is 0 Å². The van der Waals surface area contributed by atoms with Crippen LogP contribution < -0.4 is 9.47 Å². The molecule has 3 nitrogen and oxygen atoms in total. The molecular formula is C19H30O3. The summed E-state index contributed by atoms with van der Waals surface area (Å²) in [6.07, 6.45) is 5.09. The van der Waals surface area contributed by atoms with Crippen molar-refractivity contribution in [1.29, 1.82) is 0 Å². The first-order chi connectivity index (χ1) is 10.3. The Bertz CT molecular complexity index is 489. The van der Waals surface area contributed by atoms with Crippen LogP contribution in [-0.4, -0.2) is 24.9 Å². The minimum absolute atomic E-state index is 0.182. The molecule has 0 heterocycles. The molecule has 1 aliphatic carbocycles. The summed E-state index contributed by atoms with van der Waals surface area (Å²) in [6, 6.07) is 5.98. The number of methoxy groups -OCH3 is 2. The lowest BCUT2D eigenvalue weighted by atomic mass is 9.60. The van der Waals surface area contributed by atoms with Gasteiger partial charge in [0, 0.05) is 6.07 Å². The second-order valence-electron chi connectivity index (χ2n) is 7.47. The molecular weight excluding hydrogens is 276 g/mol. The molecule has 0 radical (unpaired) electrons. The van der Waals surface area contributed by atoms with E-state index in [1.165, 1.54) is 12.0 Å². The standard InChI is InChI=1S/C19H30O3/c1-18(2)11-6-12-19(3,20)17(18)10-8-14-7-9-15(21-4)13-16(14)22-5/h7,9,13,17,20H,6,8,10-12H2,1-5H3. The molecule has 124 valence electrons. The average molecular weight is 306 g/mol. The molecule has 0 amide bonds. The molecule has 2 rings (SSSR count). The zero-order valence-electron chi connectivity index (χ0n) is 14.6. The molecule has 0 spiro atoms. The Balaban J connectivity index is 2.14. The summed E-state index contributed by atoms with van der Waals surface area (Å²) in [5.41, 5.74) is 0.795. The first-order valence-electron chi connectivity index (χ1n) is 8.23. The van der Waals surface area contributed by atoms with Crippen molar-refractivity contribution < 1.29 is 14.6 Å². The predicted octanol–water partition coefficient (Wildman–Crippen LogP) is 4.21. The van der Waals surface area contributed by atoms with Gasteiger partial charge in [-0.2, -0.15) is 0 Å². The maximum Gasteiger partial charge on any atom is 0.125 e. The van der Waals surface area contributed by atoms with Crippen molar-refractivity contribution in [2.75, 3.05) is 14.2 Å². The van der Waals surface area contributed by atoms with Gasteiger partial charge in [0.1, 0.15) is 11.5 Å². The fourth-order valence-electron chi connectivity index (χ4n) is 4.15. The SMILES string of the molecule is COc1ccc(CCC2C(C)(C)CCCC2(C)O)c(OC)c1. The third kappa shape index (κ3) is 3.57. The zero-order chi connectivity index (χ0) is 16.4. The van der Waals surface area contributed by atoms with Gasteiger partial charge < -0.3 is 14.6 Å². The normalized spacial score (nSPS) is 27.5. The second-order valence-corrected chi connectivity index (χ2v) is 7.47. The first kappa shape index (κ1) is 17.1. The van der Waals surface area contributed by atoms with Gasteiger partial charge in [0.15, 0.2) is 0 Å². The van der Waals surface area contributed by atoms with Crippen LogP contribution in [0, 0.1) is 11.3 Å². The summed E-state index contributed by atoms with van der Waals surface area (Å²) < 4.78 is 10.7. The summed E-state index contributed by atoms with van der Waals surface area (Å²) >= 11 is 0. The van der Waals surface area contributed by atoms with E-state index < -0.39 is 5.60 Å². The molecule has 1 fully saturated rings. The van der Waals surface area contributed by atoms with Gasteiger partial charge >= 0.3 is 0 Å². The van der Waals surface area contributed by atoms with Crippen LogP contribution in [0.2, 0.25) is 0 Å². The van der Waals surface area contributed by atoms with Gasteiger partial charge in [-0.15, -0.1) is 0 Å². The fourth-order valence-corrected chi connectivity index (χ4v) is 4.15. The molecule has 0 saturated heterocycles. The molecule has 2 atom stereocenters. The van der Waals surface area contributed by atoms with E-state index >= 15 is 0 Å². The molecule has 22 heavy (non-hydrogen) atoms. The van der Waals surface area contributed by atoms with E-state index in [1.54, 1.807) is 14.2 Å². The highest BCUT2D eigenvalue weighted by Gasteiger charge is 2.44. The van der Waals surface area contributed by atoms with Gasteiger partial charge in [0.05, 0.1) is 19.8 Å². The summed E-state index contributed by atoms with van der Waals surface area (Å²) in [4.78, 5) is 0. The van der Waals surface area contributed by atoms with Crippen molar-refractivity contribution in [2.24, 2.45) is 11.3 Å². The molecule has 3 heteroatoms. The third-order valence-electron chi connectivity index (χ3n) is 5.39. The van der Waals surface area contributed by atoms with E-state index in [1.807, 2.05) is 19.1 Å². The lowest BCUT2D eigenvalue weighted by molar-refractivity contribution is -0.0919. The molecule has 1 aliphatic rings. The number of aliphatic hydroxyl groups is 1. The first-order valence-corrected chi connectivity index (χ1v) is 8.23. The van der Waals surface area contributed by atoms with E-state index in [9.17, 15) is 5.11 Å². The Hall–Kier alpha value is -1.22. The maximum atomic E-state index is 10.8. The van der Waals surface area contributed by atoms with Crippen LogP contribution in [0.15, 0.2) is 18.2 Å². The lowest BCUT2D eigenvalue weighted by Gasteiger charge is -2.48. The molecule has 0 bridgehead atoms. The van der Waals surface area contributed by atoms with Crippen molar-refractivity contribution >= 4 is 0 Å². The lowest BCUT2D eigenvalue weighted by Crippen LogP contribution is -2.47. The Kier molecular flexibility index (Phi) is 5.06. The van der Waals surface area contributed by atoms with Crippen LogP contribution in [-0.2, 0) is 6.42 Å². The van der Waals surface area contributed by atoms with Crippen LogP contribution >= 0.6 is 0 Å². The van der Waals surface area contributed by atoms with Crippen LogP contribution in [0.4, 0.5) is 0 Å². The Labute approximate surface area is 134 Å². The number of benzene rings is 1. The van der Waals surface area contributed by atoms with Gasteiger partial charge in [-0.1, -0.05) is 26.3 Å². The maximum absolute atomic E-state index is 10.8. The summed E-state index contributed by atoms with van der Waals surface area (Å²) in [5, 5.41) is 10.8. The van der Waals surface area contributed by atoms with E-state index in [-0.39, 0.29) is 5.41 Å². The Morgan fingerprint density at radius 1 is 1.14 bits per heavy atom. The zero-order valence-corrected chi connectivity index (χ0v) is 14.6. The number of rotatable bonds is 5. The minimum atomic E-state index is -0.568. The van der Waals surface area contributed by atoms with Crippen molar-refractivity contribution in [1.82, 2.24) is 0 Å². The highest BCUT2D eigenvalue weighted by atomic mass is 16.5. The summed E-state index contributed by atoms with van der Waals surface area (Å²) in [7, 11) is 3.36. The van der Waals surface area contributed by atoms with Crippen LogP contribution in [0.5, 0.6) is 11.5 Å². The highest BCUT2D eigenvalue weighted by Crippen LogP contribution is 2.48. The number of hydrogen-bond donors (Lipinski definition) is 1. The largest absolute Gasteiger partial charge is 0.497 e. The molecule has 1 N–H and O–H groups in total. The van der Waals surface area contributed by atoms with Crippen molar-refractivity contribution in [3.8, 4) is 11.5 Å². The van der Waals surface area contributed by atoms with Crippen LogP contribution in [0.3, 0.4) is 0 Å². The molecule has 0 aliphatic heterocycles. The van der Waals surface area contributed by atoms with Crippen molar-refractivity contribution in [3.63, 3.8) is 0 Å². The third-order valence-corrected chi connectivity index (χ3v) is 5.39. The second kappa shape index (κ2) is 6.49. The van der Waals surface area contributed by atoms with Crippen LogP contribution in [0.1, 0.15) is 52.0 Å². The monoisotopic (exact) mass is 306 g/mol. The number of hydrogen-bond acceptors (Lipinski definition) is 3. The van der Waals surface area contributed by atoms with Gasteiger partial charge in [-0.05, 0) is 55.6 Å². The average Bonchev–Trinajstić information content (AvgIpc) is 2.45. The number of aryl methyl sites for hydroxylation is 1. The van der Waals surface area contributed by atoms with Crippen molar-refractivity contribution in [3.05, 3.63) is 23.8 Å². The summed E-state index contributed by atoms with van der Waals surface area (Å²) in [6.45, 7) is 6.58. The minimum Gasteiger partial charge on any atom is -0.497 e. The molecule has 1 aromatic rings. The molecule has 2 unspecified atom stereocenters. The molecule has 1 aromatic carbocycles. The predicted molar refractivity (Wildman–Crippen MR) is 89.6 cm³/mol. The molecule has 1 saturated carbocycles. The van der Waals surface area contributed by atoms with Gasteiger partial charge in [-0.3, -0.25) is 0 Å². The van der Waals surface area contributed by atoms with E-state index in [2.05, 4.69) is 19.9 Å². The van der Waals surface area contributed by atoms with Gasteiger partial charge in [0.25, 0.3) is 0 Å². The van der Waals surface area contributed by atoms with Crippen molar-refractivity contribution in [2.45, 2.75) is 58.5 Å². The Morgan fingerprint density at radius 3 is 2.45 bits per heavy atom. The van der Waals surface area contributed by atoms with E-state index in [0.717, 1.165) is 37.2 Å². The van der Waals surface area contributed by atoms with E-state index in [4.69, 9.17) is 9.47 Å². The smallest absolute Gasteiger partial charge is 0.125 e. The Morgan fingerprint density at radius 2 is 1.86 bits per heavy atom.